The van der Waals surface area contributed by atoms with Crippen LogP contribution < -0.4 is 4.90 Å². The van der Waals surface area contributed by atoms with Crippen molar-refractivity contribution in [3.8, 4) is 5.88 Å². The molecule has 2 heterocycles. The lowest BCUT2D eigenvalue weighted by molar-refractivity contribution is 0.342. The summed E-state index contributed by atoms with van der Waals surface area (Å²) in [7, 11) is 0. The van der Waals surface area contributed by atoms with Crippen LogP contribution in [-0.2, 0) is 0 Å². The van der Waals surface area contributed by atoms with Crippen LogP contribution in [0.1, 0.15) is 32.1 Å². The molecule has 0 spiro atoms. The Morgan fingerprint density at radius 2 is 2.20 bits per heavy atom. The Morgan fingerprint density at radius 1 is 1.33 bits per heavy atom. The highest BCUT2D eigenvalue weighted by molar-refractivity contribution is 7.13. The molecule has 1 aromatic rings. The highest BCUT2D eigenvalue weighted by Gasteiger charge is 2.36. The second kappa shape index (κ2) is 3.67. The van der Waals surface area contributed by atoms with Crippen LogP contribution in [-0.4, -0.2) is 22.7 Å². The largest absolute Gasteiger partial charge is 0.493 e. The Morgan fingerprint density at radius 3 is 3.00 bits per heavy atom. The first kappa shape index (κ1) is 9.46. The van der Waals surface area contributed by atoms with E-state index in [9.17, 15) is 5.11 Å². The summed E-state index contributed by atoms with van der Waals surface area (Å²) in [5.41, 5.74) is 0. The van der Waals surface area contributed by atoms with E-state index in [0.29, 0.717) is 6.04 Å². The lowest BCUT2D eigenvalue weighted by atomic mass is 9.85. The molecule has 1 saturated carbocycles. The average molecular weight is 224 g/mol. The number of aromatic nitrogens is 1. The Labute approximate surface area is 93.8 Å². The van der Waals surface area contributed by atoms with Gasteiger partial charge in [0.2, 0.25) is 5.88 Å². The van der Waals surface area contributed by atoms with Gasteiger partial charge in [0.25, 0.3) is 0 Å². The van der Waals surface area contributed by atoms with Crippen molar-refractivity contribution in [2.75, 3.05) is 11.4 Å². The maximum Gasteiger partial charge on any atom is 0.223 e. The molecule has 1 aliphatic carbocycles. The summed E-state index contributed by atoms with van der Waals surface area (Å²) in [4.78, 5) is 6.59. The van der Waals surface area contributed by atoms with E-state index in [0.717, 1.165) is 17.6 Å². The smallest absolute Gasteiger partial charge is 0.223 e. The highest BCUT2D eigenvalue weighted by Crippen LogP contribution is 2.40. The molecule has 0 unspecified atom stereocenters. The summed E-state index contributed by atoms with van der Waals surface area (Å²) in [5, 5.41) is 12.0. The minimum absolute atomic E-state index is 0.175. The summed E-state index contributed by atoms with van der Waals surface area (Å²) < 4.78 is 0. The Kier molecular flexibility index (Phi) is 2.31. The fourth-order valence-electron chi connectivity index (χ4n) is 3.03. The average Bonchev–Trinajstić information content (AvgIpc) is 2.83. The van der Waals surface area contributed by atoms with Crippen molar-refractivity contribution in [1.82, 2.24) is 4.98 Å². The van der Waals surface area contributed by atoms with Crippen LogP contribution in [0.5, 0.6) is 5.88 Å². The standard InChI is InChI=1S/C11H16N2OS/c14-10-7-15-11(12-10)13-6-5-8-3-1-2-4-9(8)13/h7-9,14H,1-6H2/t8-,9-/m0/s1. The van der Waals surface area contributed by atoms with E-state index in [4.69, 9.17) is 0 Å². The minimum atomic E-state index is 0.175. The van der Waals surface area contributed by atoms with Gasteiger partial charge in [-0.2, -0.15) is 4.98 Å². The monoisotopic (exact) mass is 224 g/mol. The second-order valence-corrected chi connectivity index (χ2v) is 5.42. The van der Waals surface area contributed by atoms with Gasteiger partial charge in [-0.05, 0) is 25.2 Å². The molecule has 0 amide bonds. The van der Waals surface area contributed by atoms with Gasteiger partial charge in [-0.25, -0.2) is 0 Å². The molecule has 2 aliphatic rings. The topological polar surface area (TPSA) is 36.4 Å². The SMILES string of the molecule is Oc1csc(N2CC[C@@H]3CCCC[C@@H]32)n1. The van der Waals surface area contributed by atoms with Gasteiger partial charge in [-0.1, -0.05) is 12.8 Å². The zero-order valence-electron chi connectivity index (χ0n) is 8.72. The zero-order chi connectivity index (χ0) is 10.3. The maximum atomic E-state index is 9.28. The van der Waals surface area contributed by atoms with Gasteiger partial charge in [-0.3, -0.25) is 0 Å². The van der Waals surface area contributed by atoms with Crippen molar-refractivity contribution in [1.29, 1.82) is 0 Å². The minimum Gasteiger partial charge on any atom is -0.493 e. The van der Waals surface area contributed by atoms with Crippen molar-refractivity contribution in [2.45, 2.75) is 38.1 Å². The lowest BCUT2D eigenvalue weighted by Gasteiger charge is -2.31. The lowest BCUT2D eigenvalue weighted by Crippen LogP contribution is -2.34. The third-order valence-electron chi connectivity index (χ3n) is 3.74. The number of aromatic hydroxyl groups is 1. The van der Waals surface area contributed by atoms with Gasteiger partial charge < -0.3 is 10.0 Å². The highest BCUT2D eigenvalue weighted by atomic mass is 32.1. The first-order chi connectivity index (χ1) is 7.34. The fourth-order valence-corrected chi connectivity index (χ4v) is 3.80. The summed E-state index contributed by atoms with van der Waals surface area (Å²) >= 11 is 1.57. The molecule has 3 nitrogen and oxygen atoms in total. The molecule has 1 aromatic heterocycles. The van der Waals surface area contributed by atoms with Gasteiger partial charge in [0.1, 0.15) is 0 Å². The van der Waals surface area contributed by atoms with Crippen LogP contribution in [0.3, 0.4) is 0 Å². The molecule has 0 radical (unpaired) electrons. The van der Waals surface area contributed by atoms with Gasteiger partial charge in [0.15, 0.2) is 5.13 Å². The van der Waals surface area contributed by atoms with Gasteiger partial charge in [-0.15, -0.1) is 11.3 Å². The number of rotatable bonds is 1. The van der Waals surface area contributed by atoms with E-state index in [1.807, 2.05) is 0 Å². The second-order valence-electron chi connectivity index (χ2n) is 4.58. The number of hydrogen-bond donors (Lipinski definition) is 1. The fraction of sp³-hybridized carbons (Fsp3) is 0.727. The van der Waals surface area contributed by atoms with Crippen LogP contribution in [0.15, 0.2) is 5.38 Å². The van der Waals surface area contributed by atoms with Crippen molar-refractivity contribution < 1.29 is 5.11 Å². The summed E-state index contributed by atoms with van der Waals surface area (Å²) in [6.45, 7) is 1.13. The van der Waals surface area contributed by atoms with Crippen LogP contribution >= 0.6 is 11.3 Å². The molecule has 82 valence electrons. The quantitative estimate of drug-likeness (QED) is 0.796. The molecule has 0 aromatic carbocycles. The number of thiazole rings is 1. The van der Waals surface area contributed by atoms with E-state index < -0.39 is 0 Å². The van der Waals surface area contributed by atoms with Crippen LogP contribution in [0.25, 0.3) is 0 Å². The summed E-state index contributed by atoms with van der Waals surface area (Å²) in [6.07, 6.45) is 6.77. The molecular weight excluding hydrogens is 208 g/mol. The Hall–Kier alpha value is -0.770. The van der Waals surface area contributed by atoms with E-state index in [1.54, 1.807) is 16.7 Å². The van der Waals surface area contributed by atoms with E-state index >= 15 is 0 Å². The molecule has 4 heteroatoms. The van der Waals surface area contributed by atoms with E-state index in [2.05, 4.69) is 9.88 Å². The van der Waals surface area contributed by atoms with Crippen molar-refractivity contribution in [3.05, 3.63) is 5.38 Å². The van der Waals surface area contributed by atoms with E-state index in [1.165, 1.54) is 32.1 Å². The summed E-state index contributed by atoms with van der Waals surface area (Å²) in [5.74, 6) is 1.05. The summed E-state index contributed by atoms with van der Waals surface area (Å²) in [6, 6.07) is 0.698. The van der Waals surface area contributed by atoms with Gasteiger partial charge >= 0.3 is 0 Å². The molecule has 1 N–H and O–H groups in total. The van der Waals surface area contributed by atoms with Crippen molar-refractivity contribution in [2.24, 2.45) is 5.92 Å². The molecule has 2 atom stereocenters. The normalized spacial score (nSPS) is 30.5. The Balaban J connectivity index is 1.82. The molecule has 2 fully saturated rings. The first-order valence-corrected chi connectivity index (χ1v) is 6.64. The number of fused-ring (bicyclic) bond motifs is 1. The van der Waals surface area contributed by atoms with E-state index in [-0.39, 0.29) is 5.88 Å². The van der Waals surface area contributed by atoms with Crippen molar-refractivity contribution in [3.63, 3.8) is 0 Å². The molecular formula is C11H16N2OS. The van der Waals surface area contributed by atoms with Crippen LogP contribution in [0, 0.1) is 5.92 Å². The molecule has 3 rings (SSSR count). The first-order valence-electron chi connectivity index (χ1n) is 5.76. The number of anilines is 1. The molecule has 1 aliphatic heterocycles. The van der Waals surface area contributed by atoms with Crippen LogP contribution in [0.2, 0.25) is 0 Å². The third-order valence-corrected chi connectivity index (χ3v) is 4.60. The molecule has 1 saturated heterocycles. The van der Waals surface area contributed by atoms with Crippen molar-refractivity contribution >= 4 is 16.5 Å². The van der Waals surface area contributed by atoms with Crippen LogP contribution in [0.4, 0.5) is 5.13 Å². The van der Waals surface area contributed by atoms with Gasteiger partial charge in [0, 0.05) is 12.6 Å². The number of nitrogens with zero attached hydrogens (tertiary/aromatic N) is 2. The predicted molar refractivity (Wildman–Crippen MR) is 61.5 cm³/mol. The maximum absolute atomic E-state index is 9.28. The predicted octanol–water partition coefficient (Wildman–Crippen LogP) is 2.62. The van der Waals surface area contributed by atoms with Gasteiger partial charge in [0.05, 0.1) is 5.38 Å². The molecule has 0 bridgehead atoms. The molecule has 15 heavy (non-hydrogen) atoms. The third kappa shape index (κ3) is 1.61. The number of hydrogen-bond acceptors (Lipinski definition) is 4. The Bertz CT molecular complexity index is 352. The zero-order valence-corrected chi connectivity index (χ0v) is 9.54.